The highest BCUT2D eigenvalue weighted by Gasteiger charge is 2.21. The lowest BCUT2D eigenvalue weighted by Crippen LogP contribution is -2.13. The number of nitrogen functional groups attached to an aromatic ring is 2. The average Bonchev–Trinajstić information content (AvgIpc) is 3.43. The first kappa shape index (κ1) is 18.8. The number of benzene rings is 4. The highest BCUT2D eigenvalue weighted by molar-refractivity contribution is 5.77. The number of hydrogen-bond acceptors (Lipinski definition) is 4. The third-order valence-corrected chi connectivity index (χ3v) is 6.69. The Labute approximate surface area is 188 Å². The van der Waals surface area contributed by atoms with Gasteiger partial charge in [0.2, 0.25) is 0 Å². The summed E-state index contributed by atoms with van der Waals surface area (Å²) in [6, 6.07) is 30.2. The van der Waals surface area contributed by atoms with Gasteiger partial charge in [-0.15, -0.1) is 0 Å². The lowest BCUT2D eigenvalue weighted by molar-refractivity contribution is 0.998. The molecule has 158 valence electrons. The summed E-state index contributed by atoms with van der Waals surface area (Å²) < 4.78 is 0. The fourth-order valence-electron chi connectivity index (χ4n) is 5.05. The van der Waals surface area contributed by atoms with Gasteiger partial charge in [-0.2, -0.15) is 0 Å². The molecule has 4 aromatic carbocycles. The van der Waals surface area contributed by atoms with Crippen molar-refractivity contribution in [3.8, 4) is 11.1 Å². The fraction of sp³-hybridized carbons (Fsp3) is 0.143. The zero-order valence-electron chi connectivity index (χ0n) is 18.0. The molecular weight excluding hydrogens is 392 g/mol. The van der Waals surface area contributed by atoms with Gasteiger partial charge < -0.3 is 21.3 Å². The molecule has 6 rings (SSSR count). The summed E-state index contributed by atoms with van der Waals surface area (Å²) in [5, 5.41) is 0. The van der Waals surface area contributed by atoms with E-state index in [4.69, 9.17) is 11.5 Å². The second kappa shape index (κ2) is 7.34. The van der Waals surface area contributed by atoms with Crippen LogP contribution < -0.4 is 21.3 Å². The van der Waals surface area contributed by atoms with E-state index in [1.807, 2.05) is 12.1 Å². The second-order valence-electron chi connectivity index (χ2n) is 8.67. The van der Waals surface area contributed by atoms with Crippen molar-refractivity contribution < 1.29 is 0 Å². The van der Waals surface area contributed by atoms with Crippen molar-refractivity contribution in [3.63, 3.8) is 0 Å². The molecule has 0 atom stereocenters. The largest absolute Gasteiger partial charge is 0.399 e. The van der Waals surface area contributed by atoms with Crippen LogP contribution in [-0.2, 0) is 12.8 Å². The molecule has 2 aliphatic rings. The van der Waals surface area contributed by atoms with Crippen LogP contribution in [0.25, 0.3) is 11.1 Å². The Hall–Kier alpha value is -3.92. The van der Waals surface area contributed by atoms with Gasteiger partial charge >= 0.3 is 0 Å². The first-order valence-corrected chi connectivity index (χ1v) is 11.2. The van der Waals surface area contributed by atoms with Crippen molar-refractivity contribution in [2.45, 2.75) is 12.8 Å². The molecule has 0 saturated heterocycles. The number of rotatable bonds is 3. The highest BCUT2D eigenvalue weighted by atomic mass is 15.2. The molecule has 0 unspecified atom stereocenters. The third-order valence-electron chi connectivity index (χ3n) is 6.69. The van der Waals surface area contributed by atoms with Gasteiger partial charge in [0.05, 0.1) is 0 Å². The van der Waals surface area contributed by atoms with Gasteiger partial charge in [0.25, 0.3) is 0 Å². The Bertz CT molecular complexity index is 1190. The molecule has 32 heavy (non-hydrogen) atoms. The van der Waals surface area contributed by atoms with Crippen molar-refractivity contribution in [3.05, 3.63) is 96.1 Å². The van der Waals surface area contributed by atoms with Crippen LogP contribution in [0.2, 0.25) is 0 Å². The van der Waals surface area contributed by atoms with Gasteiger partial charge in [-0.3, -0.25) is 0 Å². The van der Waals surface area contributed by atoms with Gasteiger partial charge in [0.15, 0.2) is 0 Å². The molecule has 0 aromatic heterocycles. The van der Waals surface area contributed by atoms with Crippen LogP contribution in [0.5, 0.6) is 0 Å². The predicted octanol–water partition coefficient (Wildman–Crippen LogP) is 5.91. The van der Waals surface area contributed by atoms with Crippen molar-refractivity contribution in [2.24, 2.45) is 0 Å². The molecule has 4 aromatic rings. The van der Waals surface area contributed by atoms with E-state index in [2.05, 4.69) is 82.6 Å². The van der Waals surface area contributed by atoms with Gasteiger partial charge in [-0.05, 0) is 95.8 Å². The number of fused-ring (bicyclic) bond motifs is 2. The summed E-state index contributed by atoms with van der Waals surface area (Å²) in [7, 11) is 0. The molecular formula is C28H26N4. The van der Waals surface area contributed by atoms with E-state index >= 15 is 0 Å². The minimum absolute atomic E-state index is 0.839. The van der Waals surface area contributed by atoms with Crippen molar-refractivity contribution in [2.75, 3.05) is 34.4 Å². The molecule has 0 amide bonds. The monoisotopic (exact) mass is 418 g/mol. The third kappa shape index (κ3) is 3.16. The van der Waals surface area contributed by atoms with E-state index < -0.39 is 0 Å². The lowest BCUT2D eigenvalue weighted by atomic mass is 10.0. The topological polar surface area (TPSA) is 58.5 Å². The van der Waals surface area contributed by atoms with Crippen LogP contribution in [-0.4, -0.2) is 13.1 Å². The van der Waals surface area contributed by atoms with Crippen LogP contribution in [0.1, 0.15) is 11.1 Å². The Morgan fingerprint density at radius 3 is 1.31 bits per heavy atom. The Morgan fingerprint density at radius 2 is 0.906 bits per heavy atom. The maximum Gasteiger partial charge on any atom is 0.0445 e. The minimum atomic E-state index is 0.839. The summed E-state index contributed by atoms with van der Waals surface area (Å²) in [5.74, 6) is 0. The predicted molar refractivity (Wildman–Crippen MR) is 135 cm³/mol. The fourth-order valence-corrected chi connectivity index (χ4v) is 5.05. The smallest absolute Gasteiger partial charge is 0.0445 e. The summed E-state index contributed by atoms with van der Waals surface area (Å²) in [6.07, 6.45) is 2.08. The van der Waals surface area contributed by atoms with E-state index in [-0.39, 0.29) is 0 Å². The first-order chi connectivity index (χ1) is 15.7. The van der Waals surface area contributed by atoms with Gasteiger partial charge in [-0.25, -0.2) is 0 Å². The van der Waals surface area contributed by atoms with E-state index in [0.29, 0.717) is 0 Å². The van der Waals surface area contributed by atoms with E-state index in [0.717, 1.165) is 37.3 Å². The summed E-state index contributed by atoms with van der Waals surface area (Å²) in [4.78, 5) is 4.75. The molecule has 4 nitrogen and oxygen atoms in total. The summed E-state index contributed by atoms with van der Waals surface area (Å²) >= 11 is 0. The molecule has 0 bridgehead atoms. The van der Waals surface area contributed by atoms with Gasteiger partial charge in [0.1, 0.15) is 0 Å². The van der Waals surface area contributed by atoms with Crippen molar-refractivity contribution in [1.82, 2.24) is 0 Å². The zero-order valence-corrected chi connectivity index (χ0v) is 18.0. The normalized spacial score (nSPS) is 14.5. The molecule has 2 aliphatic heterocycles. The quantitative estimate of drug-likeness (QED) is 0.406. The SMILES string of the molecule is Nc1ccc2c(c1)CCN2c1ccc(-c2ccc(N3CCc4cc(N)ccc43)cc2)cc1. The summed E-state index contributed by atoms with van der Waals surface area (Å²) in [6.45, 7) is 1.99. The van der Waals surface area contributed by atoms with Gasteiger partial charge in [-0.1, -0.05) is 24.3 Å². The van der Waals surface area contributed by atoms with E-state index in [9.17, 15) is 0 Å². The Morgan fingerprint density at radius 1 is 0.500 bits per heavy atom. The molecule has 0 spiro atoms. The van der Waals surface area contributed by atoms with Crippen LogP contribution in [0.3, 0.4) is 0 Å². The van der Waals surface area contributed by atoms with Crippen LogP contribution in [0.4, 0.5) is 34.1 Å². The van der Waals surface area contributed by atoms with Crippen LogP contribution in [0.15, 0.2) is 84.9 Å². The van der Waals surface area contributed by atoms with E-state index in [1.165, 1.54) is 45.0 Å². The average molecular weight is 419 g/mol. The first-order valence-electron chi connectivity index (χ1n) is 11.2. The second-order valence-corrected chi connectivity index (χ2v) is 8.67. The Balaban J connectivity index is 1.23. The molecule has 0 radical (unpaired) electrons. The number of anilines is 6. The van der Waals surface area contributed by atoms with Crippen LogP contribution in [0, 0.1) is 0 Å². The number of nitrogens with two attached hydrogens (primary N) is 2. The molecule has 0 aliphatic carbocycles. The van der Waals surface area contributed by atoms with Crippen molar-refractivity contribution in [1.29, 1.82) is 0 Å². The van der Waals surface area contributed by atoms with E-state index in [1.54, 1.807) is 0 Å². The molecule has 4 N–H and O–H groups in total. The molecule has 0 fully saturated rings. The molecule has 4 heteroatoms. The van der Waals surface area contributed by atoms with Crippen molar-refractivity contribution >= 4 is 34.1 Å². The highest BCUT2D eigenvalue weighted by Crippen LogP contribution is 2.38. The molecule has 2 heterocycles. The maximum atomic E-state index is 5.95. The number of nitrogens with zero attached hydrogens (tertiary/aromatic N) is 2. The summed E-state index contributed by atoms with van der Waals surface area (Å²) in [5.41, 5.74) is 23.7. The van der Waals surface area contributed by atoms with Gasteiger partial charge in [0, 0.05) is 47.2 Å². The van der Waals surface area contributed by atoms with Crippen LogP contribution >= 0.6 is 0 Å². The molecule has 0 saturated carbocycles. The number of hydrogen-bond donors (Lipinski definition) is 2. The standard InChI is InChI=1S/C28H26N4/c29-23-5-11-27-21(17-23)13-15-31(27)25-7-1-19(2-8-25)20-3-9-26(10-4-20)32-16-14-22-18-24(30)6-12-28(22)32/h1-12,17-18H,13-16,29-30H2. The zero-order chi connectivity index (χ0) is 21.7. The Kier molecular flexibility index (Phi) is 4.32. The lowest BCUT2D eigenvalue weighted by Gasteiger charge is -2.21. The maximum absolute atomic E-state index is 5.95. The minimum Gasteiger partial charge on any atom is -0.399 e.